The Morgan fingerprint density at radius 3 is 2.57 bits per heavy atom. The van der Waals surface area contributed by atoms with Crippen LogP contribution in [-0.4, -0.2) is 76.6 Å². The third-order valence-electron chi connectivity index (χ3n) is 3.60. The zero-order chi connectivity index (χ0) is 16.0. The fraction of sp³-hybridized carbons (Fsp3) is 0.938. The van der Waals surface area contributed by atoms with E-state index in [2.05, 4.69) is 27.4 Å². The second-order valence-electron chi connectivity index (χ2n) is 5.50. The molecule has 0 aromatic carbocycles. The van der Waals surface area contributed by atoms with Crippen molar-refractivity contribution in [2.75, 3.05) is 59.7 Å². The smallest absolute Gasteiger partial charge is 0.191 e. The molecule has 0 amide bonds. The summed E-state index contributed by atoms with van der Waals surface area (Å²) in [6.07, 6.45) is 3.62. The fourth-order valence-electron chi connectivity index (χ4n) is 2.29. The minimum absolute atomic E-state index is 0. The number of guanidine groups is 1. The van der Waals surface area contributed by atoms with Gasteiger partial charge in [-0.25, -0.2) is 0 Å². The maximum absolute atomic E-state index is 5.33. The molecule has 1 saturated carbocycles. The van der Waals surface area contributed by atoms with Crippen LogP contribution in [0.4, 0.5) is 0 Å². The molecule has 0 heterocycles. The number of aliphatic imine (C=N–C) groups is 1. The molecule has 1 rings (SSSR count). The zero-order valence-electron chi connectivity index (χ0n) is 15.0. The third kappa shape index (κ3) is 12.0. The van der Waals surface area contributed by atoms with Crippen LogP contribution in [0, 0.1) is 0 Å². The van der Waals surface area contributed by atoms with Crippen molar-refractivity contribution < 1.29 is 9.47 Å². The van der Waals surface area contributed by atoms with Gasteiger partial charge >= 0.3 is 0 Å². The first kappa shape index (κ1) is 22.9. The van der Waals surface area contributed by atoms with Gasteiger partial charge in [0.15, 0.2) is 5.96 Å². The van der Waals surface area contributed by atoms with E-state index in [-0.39, 0.29) is 24.0 Å². The maximum Gasteiger partial charge on any atom is 0.191 e. The molecular weight excluding hydrogens is 407 g/mol. The molecule has 1 fully saturated rings. The Morgan fingerprint density at radius 1 is 1.17 bits per heavy atom. The van der Waals surface area contributed by atoms with Crippen LogP contribution < -0.4 is 10.6 Å². The highest BCUT2D eigenvalue weighted by Crippen LogP contribution is 2.25. The lowest BCUT2D eigenvalue weighted by molar-refractivity contribution is 0.144. The largest absolute Gasteiger partial charge is 0.383 e. The van der Waals surface area contributed by atoms with Gasteiger partial charge in [0.2, 0.25) is 0 Å². The van der Waals surface area contributed by atoms with E-state index in [0.29, 0.717) is 0 Å². The lowest BCUT2D eigenvalue weighted by atomic mass is 10.4. The molecule has 0 aromatic rings. The van der Waals surface area contributed by atoms with Crippen molar-refractivity contribution in [1.29, 1.82) is 0 Å². The molecule has 7 heteroatoms. The summed E-state index contributed by atoms with van der Waals surface area (Å²) >= 11 is 0. The van der Waals surface area contributed by atoms with Gasteiger partial charge in [0.1, 0.15) is 0 Å². The van der Waals surface area contributed by atoms with Gasteiger partial charge in [0.05, 0.1) is 6.61 Å². The molecule has 0 saturated heterocycles. The van der Waals surface area contributed by atoms with E-state index in [0.717, 1.165) is 71.0 Å². The molecule has 0 aromatic heterocycles. The minimum atomic E-state index is 0. The van der Waals surface area contributed by atoms with Crippen molar-refractivity contribution in [1.82, 2.24) is 15.5 Å². The van der Waals surface area contributed by atoms with E-state index in [1.165, 1.54) is 12.8 Å². The van der Waals surface area contributed by atoms with E-state index >= 15 is 0 Å². The molecule has 0 aliphatic heterocycles. The highest BCUT2D eigenvalue weighted by molar-refractivity contribution is 14.0. The lowest BCUT2D eigenvalue weighted by Gasteiger charge is -2.22. The van der Waals surface area contributed by atoms with Crippen molar-refractivity contribution in [2.24, 2.45) is 4.99 Å². The van der Waals surface area contributed by atoms with Crippen LogP contribution >= 0.6 is 24.0 Å². The van der Waals surface area contributed by atoms with Crippen LogP contribution in [0.5, 0.6) is 0 Å². The van der Waals surface area contributed by atoms with Gasteiger partial charge in [-0.15, -0.1) is 24.0 Å². The van der Waals surface area contributed by atoms with Gasteiger partial charge < -0.3 is 20.1 Å². The van der Waals surface area contributed by atoms with Gasteiger partial charge in [-0.2, -0.15) is 0 Å². The van der Waals surface area contributed by atoms with Crippen LogP contribution in [0.2, 0.25) is 0 Å². The molecule has 0 atom stereocenters. The molecule has 6 nitrogen and oxygen atoms in total. The second-order valence-corrected chi connectivity index (χ2v) is 5.50. The number of hydrogen-bond donors (Lipinski definition) is 2. The Bertz CT molecular complexity index is 302. The molecule has 1 aliphatic carbocycles. The zero-order valence-corrected chi connectivity index (χ0v) is 17.3. The predicted molar refractivity (Wildman–Crippen MR) is 107 cm³/mol. The van der Waals surface area contributed by atoms with Crippen LogP contribution in [0.25, 0.3) is 0 Å². The van der Waals surface area contributed by atoms with Crippen molar-refractivity contribution in [3.05, 3.63) is 0 Å². The molecule has 0 spiro atoms. The number of rotatable bonds is 13. The molecule has 0 radical (unpaired) electrons. The van der Waals surface area contributed by atoms with Gasteiger partial charge in [0, 0.05) is 59.1 Å². The average Bonchev–Trinajstić information content (AvgIpc) is 3.35. The van der Waals surface area contributed by atoms with E-state index in [1.54, 1.807) is 7.11 Å². The summed E-state index contributed by atoms with van der Waals surface area (Å²) in [6, 6.07) is 0.766. The Morgan fingerprint density at radius 2 is 1.96 bits per heavy atom. The molecule has 0 unspecified atom stereocenters. The summed E-state index contributed by atoms with van der Waals surface area (Å²) in [4.78, 5) is 7.09. The Balaban J connectivity index is 0.00000484. The van der Waals surface area contributed by atoms with E-state index in [1.807, 2.05) is 6.92 Å². The summed E-state index contributed by atoms with van der Waals surface area (Å²) in [6.45, 7) is 11.1. The highest BCUT2D eigenvalue weighted by atomic mass is 127. The monoisotopic (exact) mass is 442 g/mol. The van der Waals surface area contributed by atoms with Gasteiger partial charge in [-0.05, 0) is 33.1 Å². The Labute approximate surface area is 158 Å². The van der Waals surface area contributed by atoms with E-state index in [4.69, 9.17) is 9.47 Å². The summed E-state index contributed by atoms with van der Waals surface area (Å²) in [5.74, 6) is 0.904. The van der Waals surface area contributed by atoms with Crippen molar-refractivity contribution >= 4 is 29.9 Å². The molecule has 138 valence electrons. The van der Waals surface area contributed by atoms with Gasteiger partial charge in [-0.3, -0.25) is 9.89 Å². The lowest BCUT2D eigenvalue weighted by Crippen LogP contribution is -2.42. The third-order valence-corrected chi connectivity index (χ3v) is 3.60. The average molecular weight is 442 g/mol. The van der Waals surface area contributed by atoms with Crippen LogP contribution in [0.15, 0.2) is 4.99 Å². The van der Waals surface area contributed by atoms with Crippen LogP contribution in [0.3, 0.4) is 0 Å². The number of nitrogens with one attached hydrogen (secondary N) is 2. The van der Waals surface area contributed by atoms with E-state index < -0.39 is 0 Å². The second kappa shape index (κ2) is 15.4. The topological polar surface area (TPSA) is 58.1 Å². The van der Waals surface area contributed by atoms with Gasteiger partial charge in [0.25, 0.3) is 0 Å². The highest BCUT2D eigenvalue weighted by Gasteiger charge is 2.28. The van der Waals surface area contributed by atoms with Crippen molar-refractivity contribution in [2.45, 2.75) is 39.2 Å². The first-order valence-electron chi connectivity index (χ1n) is 8.64. The molecule has 1 aliphatic rings. The number of ether oxygens (including phenoxy) is 2. The van der Waals surface area contributed by atoms with E-state index in [9.17, 15) is 0 Å². The summed E-state index contributed by atoms with van der Waals surface area (Å²) in [5, 5.41) is 6.71. The fourth-order valence-corrected chi connectivity index (χ4v) is 2.29. The van der Waals surface area contributed by atoms with Gasteiger partial charge in [-0.1, -0.05) is 0 Å². The number of halogens is 1. The number of methoxy groups -OCH3 is 1. The van der Waals surface area contributed by atoms with Crippen molar-refractivity contribution in [3.63, 3.8) is 0 Å². The summed E-state index contributed by atoms with van der Waals surface area (Å²) in [5.41, 5.74) is 0. The standard InChI is InChI=1S/C16H34N4O2.HI/c1-4-17-16(18-9-6-13-22-5-2)19-10-11-20(12-14-21-3)15-7-8-15;/h15H,4-14H2,1-3H3,(H2,17,18,19);1H. The maximum atomic E-state index is 5.33. The number of hydrogen-bond acceptors (Lipinski definition) is 4. The predicted octanol–water partition coefficient (Wildman–Crippen LogP) is 1.70. The Kier molecular flexibility index (Phi) is 15.3. The Hall–Kier alpha value is -0.120. The SMILES string of the molecule is CCNC(=NCCCOCC)NCCN(CCOC)C1CC1.I. The normalized spacial score (nSPS) is 14.7. The first-order chi connectivity index (χ1) is 10.8. The quantitative estimate of drug-likeness (QED) is 0.197. The molecule has 23 heavy (non-hydrogen) atoms. The summed E-state index contributed by atoms with van der Waals surface area (Å²) in [7, 11) is 1.77. The first-order valence-corrected chi connectivity index (χ1v) is 8.64. The molecule has 2 N–H and O–H groups in total. The van der Waals surface area contributed by atoms with Crippen LogP contribution in [0.1, 0.15) is 33.1 Å². The summed E-state index contributed by atoms with van der Waals surface area (Å²) < 4.78 is 10.5. The van der Waals surface area contributed by atoms with Crippen LogP contribution in [-0.2, 0) is 9.47 Å². The number of nitrogens with zero attached hydrogens (tertiary/aromatic N) is 2. The molecular formula is C16H35IN4O2. The molecule has 0 bridgehead atoms. The van der Waals surface area contributed by atoms with Crippen molar-refractivity contribution in [3.8, 4) is 0 Å². The minimum Gasteiger partial charge on any atom is -0.383 e.